The van der Waals surface area contributed by atoms with Gasteiger partial charge in [-0.05, 0) is 44.9 Å². The first-order chi connectivity index (χ1) is 17.6. The maximum Gasteiger partial charge on any atom is 0.272 e. The molecule has 9 nitrogen and oxygen atoms in total. The number of nitrogens with one attached hydrogen (secondary N) is 2. The molecule has 0 spiro atoms. The van der Waals surface area contributed by atoms with E-state index in [0.717, 1.165) is 74.3 Å². The minimum Gasteiger partial charge on any atom is -0.369 e. The van der Waals surface area contributed by atoms with E-state index in [-0.39, 0.29) is 23.4 Å². The molecule has 1 aliphatic carbocycles. The quantitative estimate of drug-likeness (QED) is 0.461. The molecule has 0 atom stereocenters. The predicted molar refractivity (Wildman–Crippen MR) is 140 cm³/mol. The lowest BCUT2D eigenvalue weighted by atomic mass is 9.82. The second-order valence-corrected chi connectivity index (χ2v) is 10.1. The number of piperazine rings is 1. The highest BCUT2D eigenvalue weighted by molar-refractivity contribution is 5.93. The second kappa shape index (κ2) is 9.39. The lowest BCUT2D eigenvalue weighted by Gasteiger charge is -2.34. The van der Waals surface area contributed by atoms with E-state index in [2.05, 4.69) is 49.5 Å². The van der Waals surface area contributed by atoms with Crippen molar-refractivity contribution < 1.29 is 4.79 Å². The number of hydrogen-bond acceptors (Lipinski definition) is 6. The number of nitrogens with zero attached hydrogens (tertiary/aromatic N) is 5. The van der Waals surface area contributed by atoms with Gasteiger partial charge in [-0.2, -0.15) is 5.10 Å². The summed E-state index contributed by atoms with van der Waals surface area (Å²) in [6.45, 7) is 4.08. The number of pyridine rings is 1. The Morgan fingerprint density at radius 1 is 1.03 bits per heavy atom. The summed E-state index contributed by atoms with van der Waals surface area (Å²) in [6.07, 6.45) is 7.19. The average molecular weight is 486 g/mol. The SMILES string of the molecule is CN1CCN(c2ccn3c(C(=O)NC4CCC(c5n[nH]c(=O)c6ccccc56)CC4)cnc3c2)CC1. The molecule has 186 valence electrons. The molecule has 4 aromatic rings. The highest BCUT2D eigenvalue weighted by atomic mass is 16.2. The first-order valence-corrected chi connectivity index (χ1v) is 12.8. The van der Waals surface area contributed by atoms with Crippen molar-refractivity contribution in [1.82, 2.24) is 29.8 Å². The number of amides is 1. The number of H-pyrrole nitrogens is 1. The van der Waals surface area contributed by atoms with E-state index in [9.17, 15) is 9.59 Å². The zero-order chi connectivity index (χ0) is 24.6. The number of likely N-dealkylation sites (N-methyl/N-ethyl adjacent to an activating group) is 1. The van der Waals surface area contributed by atoms with Gasteiger partial charge in [0.25, 0.3) is 11.5 Å². The summed E-state index contributed by atoms with van der Waals surface area (Å²) >= 11 is 0. The van der Waals surface area contributed by atoms with Crippen LogP contribution in [0.3, 0.4) is 0 Å². The number of aromatic nitrogens is 4. The van der Waals surface area contributed by atoms with E-state index in [1.807, 2.05) is 34.9 Å². The standard InChI is InChI=1S/C27H31N7O2/c1-32-12-14-33(15-13-32)20-10-11-34-23(17-28-24(34)16-20)27(36)29-19-8-6-18(7-9-19)25-21-4-2-3-5-22(21)26(35)31-30-25/h2-5,10-11,16-19H,6-9,12-15H2,1H3,(H,29,36)(H,31,35). The molecule has 1 aromatic carbocycles. The normalized spacial score (nSPS) is 21.2. The zero-order valence-corrected chi connectivity index (χ0v) is 20.5. The lowest BCUT2D eigenvalue weighted by Crippen LogP contribution is -2.44. The highest BCUT2D eigenvalue weighted by Crippen LogP contribution is 2.34. The molecule has 3 aromatic heterocycles. The molecular formula is C27H31N7O2. The monoisotopic (exact) mass is 485 g/mol. The number of aromatic amines is 1. The summed E-state index contributed by atoms with van der Waals surface area (Å²) < 4.78 is 1.87. The van der Waals surface area contributed by atoms with Gasteiger partial charge in [0, 0.05) is 61.5 Å². The smallest absolute Gasteiger partial charge is 0.272 e. The molecule has 1 saturated carbocycles. The number of benzene rings is 1. The van der Waals surface area contributed by atoms with Gasteiger partial charge in [0.2, 0.25) is 0 Å². The topological polar surface area (TPSA) is 98.6 Å². The van der Waals surface area contributed by atoms with Crippen LogP contribution in [0, 0.1) is 0 Å². The Labute approximate surface area is 209 Å². The van der Waals surface area contributed by atoms with Gasteiger partial charge in [-0.15, -0.1) is 0 Å². The summed E-state index contributed by atoms with van der Waals surface area (Å²) in [6, 6.07) is 11.9. The van der Waals surface area contributed by atoms with Crippen LogP contribution in [0.2, 0.25) is 0 Å². The highest BCUT2D eigenvalue weighted by Gasteiger charge is 2.27. The summed E-state index contributed by atoms with van der Waals surface area (Å²) in [7, 11) is 2.15. The molecule has 2 N–H and O–H groups in total. The van der Waals surface area contributed by atoms with Crippen LogP contribution in [-0.2, 0) is 0 Å². The Hall–Kier alpha value is -3.72. The Balaban J connectivity index is 1.12. The molecule has 6 rings (SSSR count). The Bertz CT molecular complexity index is 1460. The van der Waals surface area contributed by atoms with Gasteiger partial charge in [0.15, 0.2) is 0 Å². The van der Waals surface area contributed by atoms with E-state index in [0.29, 0.717) is 11.1 Å². The van der Waals surface area contributed by atoms with Crippen molar-refractivity contribution in [2.24, 2.45) is 0 Å². The third-order valence-corrected chi connectivity index (χ3v) is 7.77. The Kier molecular flexibility index (Phi) is 5.92. The number of fused-ring (bicyclic) bond motifs is 2. The van der Waals surface area contributed by atoms with Crippen LogP contribution in [0.5, 0.6) is 0 Å². The molecule has 1 amide bonds. The lowest BCUT2D eigenvalue weighted by molar-refractivity contribution is 0.0919. The third kappa shape index (κ3) is 4.24. The minimum absolute atomic E-state index is 0.0917. The van der Waals surface area contributed by atoms with Crippen molar-refractivity contribution in [1.29, 1.82) is 0 Å². The van der Waals surface area contributed by atoms with E-state index < -0.39 is 0 Å². The summed E-state index contributed by atoms with van der Waals surface area (Å²) in [4.78, 5) is 34.5. The number of carbonyl (C=O) groups excluding carboxylic acids is 1. The van der Waals surface area contributed by atoms with Crippen LogP contribution in [0.4, 0.5) is 5.69 Å². The molecule has 0 bridgehead atoms. The van der Waals surface area contributed by atoms with Gasteiger partial charge in [0.1, 0.15) is 11.3 Å². The van der Waals surface area contributed by atoms with Crippen molar-refractivity contribution in [3.8, 4) is 0 Å². The van der Waals surface area contributed by atoms with Gasteiger partial charge >= 0.3 is 0 Å². The fourth-order valence-electron chi connectivity index (χ4n) is 5.62. The molecule has 2 fully saturated rings. The van der Waals surface area contributed by atoms with Crippen LogP contribution in [0.25, 0.3) is 16.4 Å². The maximum absolute atomic E-state index is 13.1. The molecule has 0 radical (unpaired) electrons. The van der Waals surface area contributed by atoms with Gasteiger partial charge < -0.3 is 15.1 Å². The molecule has 36 heavy (non-hydrogen) atoms. The fourth-order valence-corrected chi connectivity index (χ4v) is 5.62. The van der Waals surface area contributed by atoms with Crippen LogP contribution >= 0.6 is 0 Å². The molecular weight excluding hydrogens is 454 g/mol. The van der Waals surface area contributed by atoms with Crippen molar-refractivity contribution in [3.63, 3.8) is 0 Å². The van der Waals surface area contributed by atoms with Crippen LogP contribution in [0.15, 0.2) is 53.6 Å². The van der Waals surface area contributed by atoms with Gasteiger partial charge in [-0.25, -0.2) is 10.1 Å². The van der Waals surface area contributed by atoms with Gasteiger partial charge in [-0.3, -0.25) is 14.0 Å². The number of carbonyl (C=O) groups is 1. The number of imidazole rings is 1. The van der Waals surface area contributed by atoms with Gasteiger partial charge in [-0.1, -0.05) is 18.2 Å². The molecule has 0 unspecified atom stereocenters. The van der Waals surface area contributed by atoms with E-state index in [4.69, 9.17) is 0 Å². The molecule has 2 aliphatic rings. The minimum atomic E-state index is -0.154. The average Bonchev–Trinajstić information content (AvgIpc) is 3.34. The van der Waals surface area contributed by atoms with E-state index >= 15 is 0 Å². The molecule has 1 aliphatic heterocycles. The summed E-state index contributed by atoms with van der Waals surface area (Å²) in [5.41, 5.74) is 3.29. The van der Waals surface area contributed by atoms with Crippen molar-refractivity contribution in [2.45, 2.75) is 37.6 Å². The number of hydrogen-bond donors (Lipinski definition) is 2. The van der Waals surface area contributed by atoms with Crippen molar-refractivity contribution >= 4 is 28.0 Å². The van der Waals surface area contributed by atoms with Gasteiger partial charge in [0.05, 0.1) is 17.3 Å². The first kappa shape index (κ1) is 22.7. The number of anilines is 1. The largest absolute Gasteiger partial charge is 0.369 e. The Morgan fingerprint density at radius 2 is 1.78 bits per heavy atom. The van der Waals surface area contributed by atoms with Crippen LogP contribution in [0.1, 0.15) is 47.8 Å². The fraction of sp³-hybridized carbons (Fsp3) is 0.407. The zero-order valence-electron chi connectivity index (χ0n) is 20.5. The molecule has 4 heterocycles. The van der Waals surface area contributed by atoms with Crippen molar-refractivity contribution in [3.05, 3.63) is 70.5 Å². The summed E-state index contributed by atoms with van der Waals surface area (Å²) in [5.74, 6) is 0.176. The van der Waals surface area contributed by atoms with Crippen LogP contribution < -0.4 is 15.8 Å². The van der Waals surface area contributed by atoms with E-state index in [1.165, 1.54) is 0 Å². The van der Waals surface area contributed by atoms with E-state index in [1.54, 1.807) is 6.20 Å². The predicted octanol–water partition coefficient (Wildman–Crippen LogP) is 2.78. The van der Waals surface area contributed by atoms with Crippen molar-refractivity contribution in [2.75, 3.05) is 38.1 Å². The second-order valence-electron chi connectivity index (χ2n) is 10.1. The maximum atomic E-state index is 13.1. The third-order valence-electron chi connectivity index (χ3n) is 7.77. The van der Waals surface area contributed by atoms with Crippen LogP contribution in [-0.4, -0.2) is 69.7 Å². The first-order valence-electron chi connectivity index (χ1n) is 12.8. The summed E-state index contributed by atoms with van der Waals surface area (Å²) in [5, 5.41) is 11.9. The number of rotatable bonds is 4. The molecule has 9 heteroatoms. The Morgan fingerprint density at radius 3 is 2.56 bits per heavy atom. The molecule has 1 saturated heterocycles.